The lowest BCUT2D eigenvalue weighted by atomic mass is 9.59. The van der Waals surface area contributed by atoms with E-state index >= 15 is 0 Å². The van der Waals surface area contributed by atoms with Crippen molar-refractivity contribution in [2.24, 2.45) is 11.3 Å². The molecule has 1 saturated heterocycles. The number of piperidine rings is 1. The molecule has 0 aromatic heterocycles. The summed E-state index contributed by atoms with van der Waals surface area (Å²) in [5.74, 6) is 0.598. The SMILES string of the molecule is COC(=O)C1(C2CCNCC2)CCC1. The molecule has 3 nitrogen and oxygen atoms in total. The fraction of sp³-hybridized carbons (Fsp3) is 0.909. The summed E-state index contributed by atoms with van der Waals surface area (Å²) < 4.78 is 4.95. The Morgan fingerprint density at radius 3 is 2.43 bits per heavy atom. The second-order valence-corrected chi connectivity index (χ2v) is 4.53. The van der Waals surface area contributed by atoms with Gasteiger partial charge < -0.3 is 10.1 Å². The number of hydrogen-bond donors (Lipinski definition) is 1. The van der Waals surface area contributed by atoms with Gasteiger partial charge in [-0.15, -0.1) is 0 Å². The van der Waals surface area contributed by atoms with Crippen LogP contribution in [0.4, 0.5) is 0 Å². The molecule has 0 atom stereocenters. The molecule has 0 radical (unpaired) electrons. The van der Waals surface area contributed by atoms with Gasteiger partial charge in [0.2, 0.25) is 0 Å². The van der Waals surface area contributed by atoms with Crippen LogP contribution in [0.3, 0.4) is 0 Å². The standard InChI is InChI=1S/C11H19NO2/c1-14-10(13)11(5-2-6-11)9-3-7-12-8-4-9/h9,12H,2-8H2,1H3. The first-order valence-electron chi connectivity index (χ1n) is 5.59. The Morgan fingerprint density at radius 1 is 1.36 bits per heavy atom. The highest BCUT2D eigenvalue weighted by Gasteiger charge is 2.50. The van der Waals surface area contributed by atoms with Crippen molar-refractivity contribution >= 4 is 5.97 Å². The lowest BCUT2D eigenvalue weighted by Crippen LogP contribution is -2.48. The molecule has 1 aliphatic heterocycles. The first-order valence-corrected chi connectivity index (χ1v) is 5.59. The summed E-state index contributed by atoms with van der Waals surface area (Å²) >= 11 is 0. The van der Waals surface area contributed by atoms with Crippen molar-refractivity contribution in [3.05, 3.63) is 0 Å². The summed E-state index contributed by atoms with van der Waals surface area (Å²) in [5.41, 5.74) is -0.100. The van der Waals surface area contributed by atoms with E-state index in [-0.39, 0.29) is 11.4 Å². The Bertz CT molecular complexity index is 217. The van der Waals surface area contributed by atoms with E-state index in [1.165, 1.54) is 13.5 Å². The molecule has 14 heavy (non-hydrogen) atoms. The van der Waals surface area contributed by atoms with Gasteiger partial charge in [0, 0.05) is 0 Å². The van der Waals surface area contributed by atoms with E-state index in [0.717, 1.165) is 38.8 Å². The van der Waals surface area contributed by atoms with Gasteiger partial charge in [-0.2, -0.15) is 0 Å². The predicted molar refractivity (Wildman–Crippen MR) is 53.9 cm³/mol. The zero-order valence-electron chi connectivity index (χ0n) is 8.84. The van der Waals surface area contributed by atoms with Crippen molar-refractivity contribution in [3.8, 4) is 0 Å². The van der Waals surface area contributed by atoms with Crippen LogP contribution < -0.4 is 5.32 Å². The highest BCUT2D eigenvalue weighted by atomic mass is 16.5. The Kier molecular flexibility index (Phi) is 2.77. The van der Waals surface area contributed by atoms with Gasteiger partial charge in [-0.1, -0.05) is 6.42 Å². The molecule has 0 spiro atoms. The molecule has 2 aliphatic rings. The molecule has 0 aromatic rings. The maximum absolute atomic E-state index is 11.8. The molecule has 1 aliphatic carbocycles. The van der Waals surface area contributed by atoms with Crippen molar-refractivity contribution in [3.63, 3.8) is 0 Å². The summed E-state index contributed by atoms with van der Waals surface area (Å²) in [6, 6.07) is 0. The van der Waals surface area contributed by atoms with E-state index < -0.39 is 0 Å². The normalized spacial score (nSPS) is 26.6. The van der Waals surface area contributed by atoms with Crippen LogP contribution in [0.2, 0.25) is 0 Å². The predicted octanol–water partition coefficient (Wildman–Crippen LogP) is 1.33. The first-order chi connectivity index (χ1) is 6.79. The third kappa shape index (κ3) is 1.44. The highest BCUT2D eigenvalue weighted by molar-refractivity contribution is 5.78. The number of carbonyl (C=O) groups excluding carboxylic acids is 1. The van der Waals surface area contributed by atoms with Gasteiger partial charge in [0.25, 0.3) is 0 Å². The number of esters is 1. The second-order valence-electron chi connectivity index (χ2n) is 4.53. The van der Waals surface area contributed by atoms with E-state index in [1.54, 1.807) is 0 Å². The second kappa shape index (κ2) is 3.89. The van der Waals surface area contributed by atoms with E-state index in [4.69, 9.17) is 4.74 Å². The van der Waals surface area contributed by atoms with Gasteiger partial charge in [-0.25, -0.2) is 0 Å². The third-order valence-corrected chi connectivity index (χ3v) is 3.96. The van der Waals surface area contributed by atoms with Crippen LogP contribution in [0.1, 0.15) is 32.1 Å². The zero-order chi connectivity index (χ0) is 10.0. The van der Waals surface area contributed by atoms with Crippen molar-refractivity contribution in [1.29, 1.82) is 0 Å². The molecule has 0 unspecified atom stereocenters. The molecule has 0 amide bonds. The molecule has 2 fully saturated rings. The Balaban J connectivity index is 2.06. The van der Waals surface area contributed by atoms with Crippen molar-refractivity contribution in [1.82, 2.24) is 5.32 Å². The Labute approximate surface area is 85.2 Å². The summed E-state index contributed by atoms with van der Waals surface area (Å²) in [4.78, 5) is 11.8. The van der Waals surface area contributed by atoms with Gasteiger partial charge in [0.05, 0.1) is 12.5 Å². The van der Waals surface area contributed by atoms with Crippen molar-refractivity contribution < 1.29 is 9.53 Å². The van der Waals surface area contributed by atoms with Gasteiger partial charge >= 0.3 is 5.97 Å². The summed E-state index contributed by atoms with van der Waals surface area (Å²) in [6.45, 7) is 2.12. The molecule has 1 N–H and O–H groups in total. The number of rotatable bonds is 2. The number of hydrogen-bond acceptors (Lipinski definition) is 3. The van der Waals surface area contributed by atoms with Crippen LogP contribution in [-0.2, 0) is 9.53 Å². The molecule has 3 heteroatoms. The van der Waals surface area contributed by atoms with Crippen LogP contribution >= 0.6 is 0 Å². The van der Waals surface area contributed by atoms with Gasteiger partial charge in [0.15, 0.2) is 0 Å². The van der Waals surface area contributed by atoms with Crippen LogP contribution in [0.5, 0.6) is 0 Å². The number of methoxy groups -OCH3 is 1. The number of nitrogens with one attached hydrogen (secondary N) is 1. The summed E-state index contributed by atoms with van der Waals surface area (Å²) in [7, 11) is 1.52. The first kappa shape index (κ1) is 9.97. The van der Waals surface area contributed by atoms with Crippen LogP contribution in [0.25, 0.3) is 0 Å². The molecule has 1 saturated carbocycles. The van der Waals surface area contributed by atoms with Gasteiger partial charge in [-0.3, -0.25) is 4.79 Å². The smallest absolute Gasteiger partial charge is 0.312 e. The monoisotopic (exact) mass is 197 g/mol. The lowest BCUT2D eigenvalue weighted by molar-refractivity contribution is -0.164. The summed E-state index contributed by atoms with van der Waals surface area (Å²) in [5, 5.41) is 3.34. The fourth-order valence-corrected chi connectivity index (χ4v) is 2.91. The van der Waals surface area contributed by atoms with E-state index in [9.17, 15) is 4.79 Å². The zero-order valence-corrected chi connectivity index (χ0v) is 8.84. The Hall–Kier alpha value is -0.570. The van der Waals surface area contributed by atoms with Crippen molar-refractivity contribution in [2.45, 2.75) is 32.1 Å². The largest absolute Gasteiger partial charge is 0.469 e. The minimum Gasteiger partial charge on any atom is -0.469 e. The Morgan fingerprint density at radius 2 is 2.00 bits per heavy atom. The van der Waals surface area contributed by atoms with E-state index in [1.807, 2.05) is 0 Å². The van der Waals surface area contributed by atoms with Crippen LogP contribution in [-0.4, -0.2) is 26.2 Å². The molecule has 80 valence electrons. The van der Waals surface area contributed by atoms with Crippen LogP contribution in [0.15, 0.2) is 0 Å². The minimum absolute atomic E-state index is 0.0376. The van der Waals surface area contributed by atoms with E-state index in [2.05, 4.69) is 5.32 Å². The maximum Gasteiger partial charge on any atom is 0.312 e. The topological polar surface area (TPSA) is 38.3 Å². The fourth-order valence-electron chi connectivity index (χ4n) is 2.91. The molecule has 2 rings (SSSR count). The third-order valence-electron chi connectivity index (χ3n) is 3.96. The van der Waals surface area contributed by atoms with Crippen LogP contribution in [0, 0.1) is 11.3 Å². The molecule has 0 bridgehead atoms. The molecular weight excluding hydrogens is 178 g/mol. The van der Waals surface area contributed by atoms with Gasteiger partial charge in [-0.05, 0) is 44.7 Å². The van der Waals surface area contributed by atoms with Crippen molar-refractivity contribution in [2.75, 3.05) is 20.2 Å². The summed E-state index contributed by atoms with van der Waals surface area (Å²) in [6.07, 6.45) is 5.55. The molecule has 1 heterocycles. The van der Waals surface area contributed by atoms with E-state index in [0.29, 0.717) is 5.92 Å². The highest BCUT2D eigenvalue weighted by Crippen LogP contribution is 2.50. The lowest BCUT2D eigenvalue weighted by Gasteiger charge is -2.46. The van der Waals surface area contributed by atoms with Gasteiger partial charge in [0.1, 0.15) is 0 Å². The number of carbonyl (C=O) groups is 1. The molecular formula is C11H19NO2. The average Bonchev–Trinajstić information content (AvgIpc) is 2.17. The maximum atomic E-state index is 11.8. The number of ether oxygens (including phenoxy) is 1. The quantitative estimate of drug-likeness (QED) is 0.679. The average molecular weight is 197 g/mol. The molecule has 0 aromatic carbocycles. The minimum atomic E-state index is -0.100.